The zero-order valence-electron chi connectivity index (χ0n) is 15.6. The molecule has 150 valence electrons. The molecule has 0 aliphatic carbocycles. The highest BCUT2D eigenvalue weighted by atomic mass is 32.1. The number of methoxy groups -OCH3 is 1. The van der Waals surface area contributed by atoms with Crippen molar-refractivity contribution in [2.75, 3.05) is 19.0 Å². The van der Waals surface area contributed by atoms with Crippen molar-refractivity contribution in [3.8, 4) is 17.0 Å². The molecule has 6 nitrogen and oxygen atoms in total. The maximum absolute atomic E-state index is 13.9. The minimum Gasteiger partial charge on any atom is -0.494 e. The maximum Gasteiger partial charge on any atom is 0.264 e. The predicted octanol–water partition coefficient (Wildman–Crippen LogP) is 4.26. The molecule has 1 N–H and O–H groups in total. The molecule has 0 bridgehead atoms. The van der Waals surface area contributed by atoms with Crippen molar-refractivity contribution < 1.29 is 18.7 Å². The number of anilines is 1. The number of carbonyl (C=O) groups is 2. The molecule has 1 fully saturated rings. The van der Waals surface area contributed by atoms with E-state index in [0.29, 0.717) is 34.2 Å². The number of carbonyl (C=O) groups excluding carboxylic acids is 2. The molecule has 1 saturated heterocycles. The summed E-state index contributed by atoms with van der Waals surface area (Å²) in [4.78, 5) is 32.1. The van der Waals surface area contributed by atoms with Gasteiger partial charge in [0.2, 0.25) is 5.91 Å². The summed E-state index contributed by atoms with van der Waals surface area (Å²) < 4.78 is 18.9. The van der Waals surface area contributed by atoms with Gasteiger partial charge in [-0.3, -0.25) is 9.59 Å². The molecule has 29 heavy (non-hydrogen) atoms. The Morgan fingerprint density at radius 3 is 2.90 bits per heavy atom. The first-order chi connectivity index (χ1) is 14.1. The average Bonchev–Trinajstić information content (AvgIpc) is 3.48. The van der Waals surface area contributed by atoms with Crippen molar-refractivity contribution in [1.29, 1.82) is 0 Å². The van der Waals surface area contributed by atoms with Gasteiger partial charge in [-0.2, -0.15) is 0 Å². The third-order valence-electron chi connectivity index (χ3n) is 4.73. The van der Waals surface area contributed by atoms with E-state index in [4.69, 9.17) is 4.74 Å². The van der Waals surface area contributed by atoms with E-state index >= 15 is 0 Å². The van der Waals surface area contributed by atoms with Gasteiger partial charge in [-0.25, -0.2) is 9.37 Å². The lowest BCUT2D eigenvalue weighted by molar-refractivity contribution is -0.119. The van der Waals surface area contributed by atoms with E-state index in [9.17, 15) is 14.0 Å². The first-order valence-electron chi connectivity index (χ1n) is 9.01. The molecular formula is C20H18FN3O3S2. The lowest BCUT2D eigenvalue weighted by Crippen LogP contribution is -2.42. The van der Waals surface area contributed by atoms with Crippen LogP contribution in [-0.4, -0.2) is 41.4 Å². The minimum absolute atomic E-state index is 0.119. The smallest absolute Gasteiger partial charge is 0.264 e. The second-order valence-corrected chi connectivity index (χ2v) is 8.32. The number of nitrogens with one attached hydrogen (secondary N) is 1. The molecule has 4 rings (SSSR count). The number of ether oxygens (including phenoxy) is 1. The van der Waals surface area contributed by atoms with Gasteiger partial charge < -0.3 is 15.0 Å². The van der Waals surface area contributed by atoms with E-state index in [-0.39, 0.29) is 17.6 Å². The van der Waals surface area contributed by atoms with Crippen molar-refractivity contribution in [3.63, 3.8) is 0 Å². The summed E-state index contributed by atoms with van der Waals surface area (Å²) in [5.41, 5.74) is 1.15. The zero-order valence-corrected chi connectivity index (χ0v) is 17.2. The average molecular weight is 432 g/mol. The number of nitrogens with zero attached hydrogens (tertiary/aromatic N) is 2. The first-order valence-corrected chi connectivity index (χ1v) is 10.8. The van der Waals surface area contributed by atoms with Crippen LogP contribution in [0.4, 0.5) is 9.52 Å². The fourth-order valence-corrected chi connectivity index (χ4v) is 4.70. The number of likely N-dealkylation sites (tertiary alicyclic amines) is 1. The molecule has 1 aromatic carbocycles. The fraction of sp³-hybridized carbons (Fsp3) is 0.250. The Morgan fingerprint density at radius 2 is 2.17 bits per heavy atom. The van der Waals surface area contributed by atoms with Gasteiger partial charge in [0.15, 0.2) is 16.7 Å². The molecule has 1 unspecified atom stereocenters. The number of hydrogen-bond acceptors (Lipinski definition) is 6. The molecule has 1 atom stereocenters. The van der Waals surface area contributed by atoms with E-state index in [1.54, 1.807) is 22.4 Å². The van der Waals surface area contributed by atoms with E-state index in [1.165, 1.54) is 41.9 Å². The quantitative estimate of drug-likeness (QED) is 0.655. The summed E-state index contributed by atoms with van der Waals surface area (Å²) >= 11 is 2.62. The van der Waals surface area contributed by atoms with Crippen LogP contribution < -0.4 is 10.1 Å². The molecule has 2 aromatic heterocycles. The van der Waals surface area contributed by atoms with Gasteiger partial charge in [-0.15, -0.1) is 22.7 Å². The van der Waals surface area contributed by atoms with Crippen LogP contribution in [0, 0.1) is 5.82 Å². The van der Waals surface area contributed by atoms with Gasteiger partial charge in [0.25, 0.3) is 5.91 Å². The second-order valence-electron chi connectivity index (χ2n) is 6.51. The number of rotatable bonds is 5. The largest absolute Gasteiger partial charge is 0.494 e. The van der Waals surface area contributed by atoms with Crippen LogP contribution in [0.1, 0.15) is 22.5 Å². The molecule has 0 saturated carbocycles. The van der Waals surface area contributed by atoms with Crippen LogP contribution >= 0.6 is 22.7 Å². The number of thiazole rings is 1. The van der Waals surface area contributed by atoms with Gasteiger partial charge >= 0.3 is 0 Å². The van der Waals surface area contributed by atoms with Crippen molar-refractivity contribution in [2.24, 2.45) is 0 Å². The van der Waals surface area contributed by atoms with Gasteiger partial charge in [-0.05, 0) is 42.5 Å². The number of amides is 2. The van der Waals surface area contributed by atoms with Gasteiger partial charge in [0.1, 0.15) is 6.04 Å². The van der Waals surface area contributed by atoms with Crippen LogP contribution in [0.2, 0.25) is 0 Å². The van der Waals surface area contributed by atoms with Gasteiger partial charge in [0, 0.05) is 17.5 Å². The topological polar surface area (TPSA) is 71.5 Å². The standard InChI is InChI=1S/C20H18FN3O3S2/c1-27-16-7-6-12(10-13(16)21)14-11-29-20(22-14)23-18(25)15-4-2-8-24(15)19(26)17-5-3-9-28-17/h3,5-7,9-11,15H,2,4,8H2,1H3,(H,22,23,25). The molecular weight excluding hydrogens is 413 g/mol. The van der Waals surface area contributed by atoms with Crippen molar-refractivity contribution in [3.05, 3.63) is 51.8 Å². The second kappa shape index (κ2) is 8.30. The summed E-state index contributed by atoms with van der Waals surface area (Å²) in [5.74, 6) is -0.688. The number of benzene rings is 1. The van der Waals surface area contributed by atoms with Gasteiger partial charge in [-0.1, -0.05) is 6.07 Å². The molecule has 3 heterocycles. The Labute approximate surface area is 175 Å². The Bertz CT molecular complexity index is 1040. The van der Waals surface area contributed by atoms with Crippen LogP contribution in [0.15, 0.2) is 41.1 Å². The molecule has 0 radical (unpaired) electrons. The molecule has 3 aromatic rings. The summed E-state index contributed by atoms with van der Waals surface area (Å²) in [5, 5.41) is 6.81. The highest BCUT2D eigenvalue weighted by molar-refractivity contribution is 7.14. The van der Waals surface area contributed by atoms with Crippen molar-refractivity contribution in [2.45, 2.75) is 18.9 Å². The highest BCUT2D eigenvalue weighted by Gasteiger charge is 2.35. The molecule has 9 heteroatoms. The van der Waals surface area contributed by atoms with E-state index in [2.05, 4.69) is 10.3 Å². The van der Waals surface area contributed by atoms with E-state index in [0.717, 1.165) is 6.42 Å². The van der Waals surface area contributed by atoms with Crippen LogP contribution in [0.25, 0.3) is 11.3 Å². The van der Waals surface area contributed by atoms with Crippen molar-refractivity contribution in [1.82, 2.24) is 9.88 Å². The molecule has 1 aliphatic rings. The van der Waals surface area contributed by atoms with Crippen LogP contribution in [0.3, 0.4) is 0 Å². The summed E-state index contributed by atoms with van der Waals surface area (Å²) in [6.45, 7) is 0.559. The third-order valence-corrected chi connectivity index (χ3v) is 6.35. The monoisotopic (exact) mass is 431 g/mol. The molecule has 0 spiro atoms. The van der Waals surface area contributed by atoms with E-state index < -0.39 is 11.9 Å². The zero-order chi connectivity index (χ0) is 20.4. The summed E-state index contributed by atoms with van der Waals surface area (Å²) in [6, 6.07) is 7.66. The van der Waals surface area contributed by atoms with Crippen molar-refractivity contribution >= 4 is 39.6 Å². The number of halogens is 1. The predicted molar refractivity (Wildman–Crippen MR) is 111 cm³/mol. The number of aromatic nitrogens is 1. The molecule has 1 aliphatic heterocycles. The maximum atomic E-state index is 13.9. The SMILES string of the molecule is COc1ccc(-c2csc(NC(=O)C3CCCN3C(=O)c3cccs3)n2)cc1F. The Morgan fingerprint density at radius 1 is 1.31 bits per heavy atom. The summed E-state index contributed by atoms with van der Waals surface area (Å²) in [6.07, 6.45) is 1.40. The Kier molecular flexibility index (Phi) is 5.59. The normalized spacial score (nSPS) is 16.1. The Hall–Kier alpha value is -2.78. The van der Waals surface area contributed by atoms with Crippen LogP contribution in [-0.2, 0) is 4.79 Å². The number of hydrogen-bond donors (Lipinski definition) is 1. The van der Waals surface area contributed by atoms with Gasteiger partial charge in [0.05, 0.1) is 17.7 Å². The number of thiophene rings is 1. The molecule has 2 amide bonds. The Balaban J connectivity index is 1.46. The lowest BCUT2D eigenvalue weighted by Gasteiger charge is -2.22. The summed E-state index contributed by atoms with van der Waals surface area (Å²) in [7, 11) is 1.41. The first kappa shape index (κ1) is 19.5. The minimum atomic E-state index is -0.518. The fourth-order valence-electron chi connectivity index (χ4n) is 3.30. The third kappa shape index (κ3) is 4.01. The highest BCUT2D eigenvalue weighted by Crippen LogP contribution is 2.29. The van der Waals surface area contributed by atoms with E-state index in [1.807, 2.05) is 11.4 Å². The van der Waals surface area contributed by atoms with Crippen LogP contribution in [0.5, 0.6) is 5.75 Å². The lowest BCUT2D eigenvalue weighted by atomic mass is 10.1.